The first-order valence-corrected chi connectivity index (χ1v) is 4.65. The Morgan fingerprint density at radius 3 is 2.93 bits per heavy atom. The number of nitrogens with two attached hydrogens (primary N) is 1. The lowest BCUT2D eigenvalue weighted by Crippen LogP contribution is -2.44. The van der Waals surface area contributed by atoms with Gasteiger partial charge >= 0.3 is 0 Å². The van der Waals surface area contributed by atoms with Crippen molar-refractivity contribution >= 4 is 5.91 Å². The zero-order chi connectivity index (χ0) is 10.6. The Morgan fingerprint density at radius 2 is 2.50 bits per heavy atom. The molecule has 0 aliphatic heterocycles. The van der Waals surface area contributed by atoms with E-state index in [1.807, 2.05) is 20.0 Å². The van der Waals surface area contributed by atoms with Gasteiger partial charge in [0.2, 0.25) is 5.91 Å². The fourth-order valence-corrected chi connectivity index (χ4v) is 1.26. The van der Waals surface area contributed by atoms with Gasteiger partial charge in [-0.1, -0.05) is 6.92 Å². The molecule has 1 unspecified atom stereocenters. The average Bonchev–Trinajstić information content (AvgIpc) is 2.50. The van der Waals surface area contributed by atoms with E-state index in [-0.39, 0.29) is 11.9 Å². The third kappa shape index (κ3) is 2.85. The molecule has 0 radical (unpaired) electrons. The van der Waals surface area contributed by atoms with Gasteiger partial charge in [-0.3, -0.25) is 9.48 Å². The summed E-state index contributed by atoms with van der Waals surface area (Å²) < 4.78 is 1.72. The van der Waals surface area contributed by atoms with Crippen LogP contribution in [0.1, 0.15) is 12.5 Å². The second kappa shape index (κ2) is 4.76. The first-order chi connectivity index (χ1) is 6.63. The van der Waals surface area contributed by atoms with E-state index in [9.17, 15) is 4.79 Å². The number of amides is 1. The molecule has 5 heteroatoms. The Labute approximate surface area is 83.3 Å². The molecule has 0 saturated heterocycles. The van der Waals surface area contributed by atoms with Gasteiger partial charge in [-0.2, -0.15) is 5.10 Å². The van der Waals surface area contributed by atoms with E-state index >= 15 is 0 Å². The normalized spacial score (nSPS) is 12.7. The molecule has 3 N–H and O–H groups in total. The summed E-state index contributed by atoms with van der Waals surface area (Å²) in [6.07, 6.45) is 3.64. The lowest BCUT2D eigenvalue weighted by Gasteiger charge is -2.13. The van der Waals surface area contributed by atoms with Crippen LogP contribution in [0.15, 0.2) is 12.4 Å². The number of nitrogens with one attached hydrogen (secondary N) is 1. The number of rotatable bonds is 5. The van der Waals surface area contributed by atoms with Crippen LogP contribution >= 0.6 is 0 Å². The molecular weight excluding hydrogens is 180 g/mol. The zero-order valence-corrected chi connectivity index (χ0v) is 8.53. The van der Waals surface area contributed by atoms with Crippen molar-refractivity contribution in [3.8, 4) is 0 Å². The van der Waals surface area contributed by atoms with Gasteiger partial charge in [0.1, 0.15) is 6.04 Å². The molecule has 5 nitrogen and oxygen atoms in total. The third-order valence-electron chi connectivity index (χ3n) is 1.93. The largest absolute Gasteiger partial charge is 0.368 e. The zero-order valence-electron chi connectivity index (χ0n) is 8.53. The summed E-state index contributed by atoms with van der Waals surface area (Å²) in [5.74, 6) is -0.347. The fraction of sp³-hybridized carbons (Fsp3) is 0.556. The number of aromatic nitrogens is 2. The molecule has 0 aliphatic carbocycles. The van der Waals surface area contributed by atoms with Crippen LogP contribution < -0.4 is 11.1 Å². The van der Waals surface area contributed by atoms with Gasteiger partial charge in [0.05, 0.1) is 12.7 Å². The highest BCUT2D eigenvalue weighted by Gasteiger charge is 2.14. The van der Waals surface area contributed by atoms with Crippen molar-refractivity contribution in [2.45, 2.75) is 26.4 Å². The van der Waals surface area contributed by atoms with Crippen molar-refractivity contribution in [1.29, 1.82) is 0 Å². The number of aryl methyl sites for hydroxylation is 1. The summed E-state index contributed by atoms with van der Waals surface area (Å²) in [6, 6.07) is -0.348. The van der Waals surface area contributed by atoms with Gasteiger partial charge in [0.15, 0.2) is 0 Å². The number of hydrogen-bond donors (Lipinski definition) is 2. The van der Waals surface area contributed by atoms with Crippen LogP contribution in [0.2, 0.25) is 0 Å². The van der Waals surface area contributed by atoms with Crippen molar-refractivity contribution in [2.75, 3.05) is 6.54 Å². The highest BCUT2D eigenvalue weighted by Crippen LogP contribution is 1.96. The second-order valence-electron chi connectivity index (χ2n) is 3.25. The maximum Gasteiger partial charge on any atom is 0.236 e. The molecule has 1 aromatic rings. The number of nitrogens with zero attached hydrogens (tertiary/aromatic N) is 2. The maximum absolute atomic E-state index is 11.0. The predicted octanol–water partition coefficient (Wildman–Crippen LogP) is -0.345. The van der Waals surface area contributed by atoms with E-state index in [0.29, 0.717) is 13.1 Å². The fourth-order valence-electron chi connectivity index (χ4n) is 1.26. The Hall–Kier alpha value is -1.36. The van der Waals surface area contributed by atoms with Crippen molar-refractivity contribution < 1.29 is 4.79 Å². The summed E-state index contributed by atoms with van der Waals surface area (Å²) in [7, 11) is 0. The molecule has 78 valence electrons. The molecule has 1 atom stereocenters. The van der Waals surface area contributed by atoms with E-state index < -0.39 is 0 Å². The molecule has 0 aromatic carbocycles. The van der Waals surface area contributed by atoms with Crippen molar-refractivity contribution in [1.82, 2.24) is 15.1 Å². The number of carbonyl (C=O) groups is 1. The summed E-state index contributed by atoms with van der Waals surface area (Å²) >= 11 is 0. The second-order valence-corrected chi connectivity index (χ2v) is 3.25. The summed E-state index contributed by atoms with van der Waals surface area (Å²) in [4.78, 5) is 11.0. The number of likely N-dealkylation sites (N-methyl/N-ethyl adjacent to an activating group) is 1. The van der Waals surface area contributed by atoms with Crippen LogP contribution in [0.5, 0.6) is 0 Å². The Morgan fingerprint density at radius 1 is 1.79 bits per heavy atom. The highest BCUT2D eigenvalue weighted by molar-refractivity contribution is 5.79. The molecule has 1 rings (SSSR count). The first kappa shape index (κ1) is 10.7. The third-order valence-corrected chi connectivity index (χ3v) is 1.93. The monoisotopic (exact) mass is 196 g/mol. The van der Waals surface area contributed by atoms with Crippen LogP contribution in [0.4, 0.5) is 0 Å². The van der Waals surface area contributed by atoms with Gasteiger partial charge in [0, 0.05) is 6.20 Å². The van der Waals surface area contributed by atoms with E-state index in [2.05, 4.69) is 10.4 Å². The standard InChI is InChI=1S/C9H16N4O/c1-3-11-8(9(10)14)6-13-5-7(2)4-12-13/h4-5,8,11H,3,6H2,1-2H3,(H2,10,14). The maximum atomic E-state index is 11.0. The smallest absolute Gasteiger partial charge is 0.236 e. The molecule has 0 aliphatic rings. The minimum absolute atomic E-state index is 0.347. The van der Waals surface area contributed by atoms with Gasteiger partial charge in [-0.15, -0.1) is 0 Å². The van der Waals surface area contributed by atoms with Crippen molar-refractivity contribution in [3.05, 3.63) is 18.0 Å². The van der Waals surface area contributed by atoms with Gasteiger partial charge in [-0.25, -0.2) is 0 Å². The van der Waals surface area contributed by atoms with Crippen LogP contribution in [0, 0.1) is 6.92 Å². The van der Waals surface area contributed by atoms with E-state index in [1.165, 1.54) is 0 Å². The quantitative estimate of drug-likeness (QED) is 0.676. The van der Waals surface area contributed by atoms with Crippen molar-refractivity contribution in [3.63, 3.8) is 0 Å². The van der Waals surface area contributed by atoms with Crippen LogP contribution in [0.25, 0.3) is 0 Å². The lowest BCUT2D eigenvalue weighted by atomic mass is 10.3. The van der Waals surface area contributed by atoms with Crippen LogP contribution in [-0.4, -0.2) is 28.3 Å². The summed E-state index contributed by atoms with van der Waals surface area (Å²) in [5, 5.41) is 7.09. The van der Waals surface area contributed by atoms with Crippen molar-refractivity contribution in [2.24, 2.45) is 5.73 Å². The molecule has 0 spiro atoms. The lowest BCUT2D eigenvalue weighted by molar-refractivity contribution is -0.120. The van der Waals surface area contributed by atoms with Gasteiger partial charge in [-0.05, 0) is 19.0 Å². The molecule has 0 fully saturated rings. The SMILES string of the molecule is CCNC(Cn1cc(C)cn1)C(N)=O. The molecule has 1 amide bonds. The molecule has 0 bridgehead atoms. The molecule has 14 heavy (non-hydrogen) atoms. The highest BCUT2D eigenvalue weighted by atomic mass is 16.1. The molecule has 1 aromatic heterocycles. The molecular formula is C9H16N4O. The summed E-state index contributed by atoms with van der Waals surface area (Å²) in [6.45, 7) is 5.09. The number of hydrogen-bond acceptors (Lipinski definition) is 3. The Kier molecular flexibility index (Phi) is 3.64. The first-order valence-electron chi connectivity index (χ1n) is 4.65. The number of primary amides is 1. The van der Waals surface area contributed by atoms with E-state index in [0.717, 1.165) is 5.56 Å². The molecule has 0 saturated carbocycles. The van der Waals surface area contributed by atoms with E-state index in [4.69, 9.17) is 5.73 Å². The topological polar surface area (TPSA) is 72.9 Å². The minimum Gasteiger partial charge on any atom is -0.368 e. The minimum atomic E-state index is -0.348. The van der Waals surface area contributed by atoms with Gasteiger partial charge in [0.25, 0.3) is 0 Å². The predicted molar refractivity (Wildman–Crippen MR) is 53.6 cm³/mol. The Balaban J connectivity index is 2.59. The van der Waals surface area contributed by atoms with Crippen LogP contribution in [0.3, 0.4) is 0 Å². The summed E-state index contributed by atoms with van der Waals surface area (Å²) in [5.41, 5.74) is 6.31. The molecule has 1 heterocycles. The van der Waals surface area contributed by atoms with E-state index in [1.54, 1.807) is 10.9 Å². The Bertz CT molecular complexity index is 308. The van der Waals surface area contributed by atoms with Gasteiger partial charge < -0.3 is 11.1 Å². The number of carbonyl (C=O) groups excluding carboxylic acids is 1. The average molecular weight is 196 g/mol. The van der Waals surface area contributed by atoms with Crippen LogP contribution in [-0.2, 0) is 11.3 Å².